The zero-order valence-electron chi connectivity index (χ0n) is 16.7. The van der Waals surface area contributed by atoms with Gasteiger partial charge >= 0.3 is 6.18 Å². The summed E-state index contributed by atoms with van der Waals surface area (Å²) in [6.45, 7) is 0.622. The standard InChI is InChI=1S/C21H18F3N3O4S/c22-21(23,24)15-2-1-3-17(12-15)26-18(28)13-32-20(26)8-10-25(11-9-20)19(29)14-4-6-16(7-5-14)27(30)31/h1-7,12H,8-11,13H2. The molecular weight excluding hydrogens is 447 g/mol. The summed E-state index contributed by atoms with van der Waals surface area (Å²) in [7, 11) is 0. The molecule has 2 saturated heterocycles. The summed E-state index contributed by atoms with van der Waals surface area (Å²) in [5.41, 5.74) is -0.418. The number of likely N-dealkylation sites (tertiary alicyclic amines) is 1. The second-order valence-electron chi connectivity index (χ2n) is 7.61. The lowest BCUT2D eigenvalue weighted by molar-refractivity contribution is -0.384. The van der Waals surface area contributed by atoms with Gasteiger partial charge in [-0.05, 0) is 43.2 Å². The summed E-state index contributed by atoms with van der Waals surface area (Å²) in [5.74, 6) is -0.383. The first-order valence-electron chi connectivity index (χ1n) is 9.79. The van der Waals surface area contributed by atoms with Crippen molar-refractivity contribution >= 4 is 35.0 Å². The molecule has 2 amide bonds. The SMILES string of the molecule is O=C(c1ccc([N+](=O)[O-])cc1)N1CCC2(CC1)SCC(=O)N2c1cccc(C(F)(F)F)c1. The molecule has 2 aliphatic heterocycles. The van der Waals surface area contributed by atoms with E-state index in [1.165, 1.54) is 53.1 Å². The normalized spacial score (nSPS) is 18.3. The molecule has 2 heterocycles. The van der Waals surface area contributed by atoms with Crippen LogP contribution >= 0.6 is 11.8 Å². The summed E-state index contributed by atoms with van der Waals surface area (Å²) < 4.78 is 39.5. The lowest BCUT2D eigenvalue weighted by Gasteiger charge is -2.44. The largest absolute Gasteiger partial charge is 0.416 e. The van der Waals surface area contributed by atoms with Gasteiger partial charge in [0.05, 0.1) is 21.1 Å². The molecule has 2 aromatic carbocycles. The fraction of sp³-hybridized carbons (Fsp3) is 0.333. The molecule has 0 aromatic heterocycles. The van der Waals surface area contributed by atoms with Crippen molar-refractivity contribution in [2.75, 3.05) is 23.7 Å². The first-order valence-corrected chi connectivity index (χ1v) is 10.8. The maximum atomic E-state index is 13.2. The summed E-state index contributed by atoms with van der Waals surface area (Å²) in [5, 5.41) is 10.8. The number of nitrogens with zero attached hydrogens (tertiary/aromatic N) is 3. The molecule has 2 fully saturated rings. The Morgan fingerprint density at radius 3 is 2.34 bits per heavy atom. The van der Waals surface area contributed by atoms with Crippen molar-refractivity contribution in [1.82, 2.24) is 4.90 Å². The number of rotatable bonds is 3. The van der Waals surface area contributed by atoms with Gasteiger partial charge in [0.15, 0.2) is 0 Å². The van der Waals surface area contributed by atoms with Crippen LogP contribution in [0.25, 0.3) is 0 Å². The monoisotopic (exact) mass is 465 g/mol. The third-order valence-electron chi connectivity index (χ3n) is 5.71. The number of amides is 2. The van der Waals surface area contributed by atoms with Gasteiger partial charge in [0, 0.05) is 36.5 Å². The number of halogens is 3. The summed E-state index contributed by atoms with van der Waals surface area (Å²) in [6.07, 6.45) is -3.71. The van der Waals surface area contributed by atoms with E-state index < -0.39 is 21.5 Å². The van der Waals surface area contributed by atoms with E-state index in [0.717, 1.165) is 12.1 Å². The molecule has 4 rings (SSSR count). The predicted molar refractivity (Wildman–Crippen MR) is 112 cm³/mol. The molecule has 2 aliphatic rings. The zero-order chi connectivity index (χ0) is 23.1. The van der Waals surface area contributed by atoms with Crippen molar-refractivity contribution in [3.8, 4) is 0 Å². The van der Waals surface area contributed by atoms with E-state index in [0.29, 0.717) is 31.5 Å². The van der Waals surface area contributed by atoms with Gasteiger partial charge in [-0.15, -0.1) is 11.8 Å². The van der Waals surface area contributed by atoms with Crippen LogP contribution in [0, 0.1) is 10.1 Å². The van der Waals surface area contributed by atoms with Crippen molar-refractivity contribution in [2.24, 2.45) is 0 Å². The number of carbonyl (C=O) groups excluding carboxylic acids is 2. The first kappa shape index (κ1) is 22.1. The molecule has 1 spiro atoms. The minimum atomic E-state index is -4.51. The van der Waals surface area contributed by atoms with E-state index in [1.54, 1.807) is 4.90 Å². The molecule has 0 unspecified atom stereocenters. The number of hydrogen-bond donors (Lipinski definition) is 0. The van der Waals surface area contributed by atoms with Gasteiger partial charge in [0.2, 0.25) is 5.91 Å². The highest BCUT2D eigenvalue weighted by atomic mass is 32.2. The average molecular weight is 465 g/mol. The van der Waals surface area contributed by atoms with E-state index in [2.05, 4.69) is 0 Å². The molecule has 0 atom stereocenters. The van der Waals surface area contributed by atoms with E-state index in [-0.39, 0.29) is 28.9 Å². The van der Waals surface area contributed by atoms with Crippen molar-refractivity contribution < 1.29 is 27.7 Å². The number of nitro benzene ring substituents is 1. The number of carbonyl (C=O) groups is 2. The molecule has 7 nitrogen and oxygen atoms in total. The van der Waals surface area contributed by atoms with Crippen LogP contribution in [0.15, 0.2) is 48.5 Å². The van der Waals surface area contributed by atoms with Gasteiger partial charge < -0.3 is 4.90 Å². The lowest BCUT2D eigenvalue weighted by Crippen LogP contribution is -2.53. The molecule has 0 aliphatic carbocycles. The second kappa shape index (κ2) is 8.12. The van der Waals surface area contributed by atoms with Crippen LogP contribution in [0.5, 0.6) is 0 Å². The number of nitro groups is 1. The predicted octanol–water partition coefficient (Wildman–Crippen LogP) is 4.33. The van der Waals surface area contributed by atoms with Crippen LogP contribution < -0.4 is 4.90 Å². The molecule has 11 heteroatoms. The number of piperidine rings is 1. The van der Waals surface area contributed by atoms with Gasteiger partial charge in [0.25, 0.3) is 11.6 Å². The average Bonchev–Trinajstić information content (AvgIpc) is 3.09. The Balaban J connectivity index is 1.52. The van der Waals surface area contributed by atoms with Crippen molar-refractivity contribution in [3.05, 3.63) is 69.8 Å². The minimum absolute atomic E-state index is 0.114. The fourth-order valence-electron chi connectivity index (χ4n) is 4.09. The molecule has 0 saturated carbocycles. The van der Waals surface area contributed by atoms with Crippen LogP contribution in [0.1, 0.15) is 28.8 Å². The topological polar surface area (TPSA) is 83.8 Å². The number of alkyl halides is 3. The Labute approximate surface area is 185 Å². The molecular formula is C21H18F3N3O4S. The summed E-state index contributed by atoms with van der Waals surface area (Å²) in [4.78, 5) is 38.0. The summed E-state index contributed by atoms with van der Waals surface area (Å²) in [6, 6.07) is 10.1. The zero-order valence-corrected chi connectivity index (χ0v) is 17.5. The van der Waals surface area contributed by atoms with Crippen molar-refractivity contribution in [1.29, 1.82) is 0 Å². The maximum Gasteiger partial charge on any atom is 0.416 e. The fourth-order valence-corrected chi connectivity index (χ4v) is 5.42. The number of thioether (sulfide) groups is 1. The maximum absolute atomic E-state index is 13.2. The molecule has 0 bridgehead atoms. The van der Waals surface area contributed by atoms with Crippen molar-refractivity contribution in [3.63, 3.8) is 0 Å². The first-order chi connectivity index (χ1) is 15.1. The molecule has 0 N–H and O–H groups in total. The molecule has 168 valence electrons. The minimum Gasteiger partial charge on any atom is -0.338 e. The highest BCUT2D eigenvalue weighted by Crippen LogP contribution is 2.47. The van der Waals surface area contributed by atoms with Crippen LogP contribution in [0.4, 0.5) is 24.5 Å². The van der Waals surface area contributed by atoms with E-state index in [1.807, 2.05) is 0 Å². The van der Waals surface area contributed by atoms with Gasteiger partial charge in [-0.1, -0.05) is 6.07 Å². The van der Waals surface area contributed by atoms with Crippen LogP contribution in [-0.2, 0) is 11.0 Å². The number of anilines is 1. The van der Waals surface area contributed by atoms with E-state index >= 15 is 0 Å². The Bertz CT molecular complexity index is 1070. The Hall–Kier alpha value is -3.08. The lowest BCUT2D eigenvalue weighted by atomic mass is 9.99. The van der Waals surface area contributed by atoms with Crippen LogP contribution in [-0.4, -0.2) is 45.4 Å². The Morgan fingerprint density at radius 1 is 1.09 bits per heavy atom. The smallest absolute Gasteiger partial charge is 0.338 e. The van der Waals surface area contributed by atoms with Gasteiger partial charge in [-0.25, -0.2) is 0 Å². The second-order valence-corrected chi connectivity index (χ2v) is 8.95. The van der Waals surface area contributed by atoms with Gasteiger partial charge in [-0.2, -0.15) is 13.2 Å². The Kier molecular flexibility index (Phi) is 5.61. The van der Waals surface area contributed by atoms with Gasteiger partial charge in [0.1, 0.15) is 0 Å². The van der Waals surface area contributed by atoms with E-state index in [9.17, 15) is 32.9 Å². The van der Waals surface area contributed by atoms with Crippen LogP contribution in [0.3, 0.4) is 0 Å². The third kappa shape index (κ3) is 4.04. The molecule has 0 radical (unpaired) electrons. The molecule has 32 heavy (non-hydrogen) atoms. The number of hydrogen-bond acceptors (Lipinski definition) is 5. The number of non-ortho nitro benzene ring substituents is 1. The van der Waals surface area contributed by atoms with E-state index in [4.69, 9.17) is 0 Å². The molecule has 2 aromatic rings. The van der Waals surface area contributed by atoms with Crippen molar-refractivity contribution in [2.45, 2.75) is 23.9 Å². The number of benzene rings is 2. The highest BCUT2D eigenvalue weighted by molar-refractivity contribution is 8.02. The third-order valence-corrected chi connectivity index (χ3v) is 7.23. The quantitative estimate of drug-likeness (QED) is 0.498. The summed E-state index contributed by atoms with van der Waals surface area (Å²) >= 11 is 1.39. The highest BCUT2D eigenvalue weighted by Gasteiger charge is 2.49. The van der Waals surface area contributed by atoms with Gasteiger partial charge in [-0.3, -0.25) is 24.6 Å². The Morgan fingerprint density at radius 2 is 1.75 bits per heavy atom. The van der Waals surface area contributed by atoms with Crippen LogP contribution in [0.2, 0.25) is 0 Å².